The Bertz CT molecular complexity index is 2190. The van der Waals surface area contributed by atoms with Gasteiger partial charge in [0.1, 0.15) is 5.41 Å². The van der Waals surface area contributed by atoms with Crippen LogP contribution in [-0.2, 0) is 5.41 Å². The molecule has 4 heterocycles. The molecule has 0 fully saturated rings. The van der Waals surface area contributed by atoms with Crippen LogP contribution in [0.1, 0.15) is 22.5 Å². The number of aromatic nitrogens is 2. The molecular formula is C41H26N4O. The van der Waals surface area contributed by atoms with Crippen LogP contribution in [0.3, 0.4) is 0 Å². The Labute approximate surface area is 266 Å². The summed E-state index contributed by atoms with van der Waals surface area (Å²) in [6, 6.07) is 51.1. The van der Waals surface area contributed by atoms with Crippen molar-refractivity contribution in [2.75, 3.05) is 9.80 Å². The molecule has 0 amide bonds. The molecule has 0 N–H and O–H groups in total. The molecule has 0 unspecified atom stereocenters. The molecule has 1 spiro atoms. The number of nitrogens with zero attached hydrogens (tertiary/aromatic N) is 4. The van der Waals surface area contributed by atoms with Crippen LogP contribution in [0.2, 0.25) is 0 Å². The van der Waals surface area contributed by atoms with E-state index in [0.717, 1.165) is 68.1 Å². The van der Waals surface area contributed by atoms with Crippen LogP contribution in [0.15, 0.2) is 158 Å². The average molecular weight is 591 g/mol. The van der Waals surface area contributed by atoms with Gasteiger partial charge in [-0.2, -0.15) is 0 Å². The average Bonchev–Trinajstić information content (AvgIpc) is 3.42. The molecule has 216 valence electrons. The van der Waals surface area contributed by atoms with E-state index in [2.05, 4.69) is 119 Å². The van der Waals surface area contributed by atoms with Gasteiger partial charge in [-0.05, 0) is 83.9 Å². The van der Waals surface area contributed by atoms with Crippen molar-refractivity contribution in [2.45, 2.75) is 5.41 Å². The van der Waals surface area contributed by atoms with Crippen molar-refractivity contribution in [1.82, 2.24) is 9.97 Å². The van der Waals surface area contributed by atoms with Crippen molar-refractivity contribution in [2.24, 2.45) is 0 Å². The van der Waals surface area contributed by atoms with Crippen LogP contribution in [0.25, 0.3) is 11.1 Å². The van der Waals surface area contributed by atoms with Crippen LogP contribution < -0.4 is 14.5 Å². The molecular weight excluding hydrogens is 564 g/mol. The lowest BCUT2D eigenvalue weighted by Crippen LogP contribution is -2.37. The Kier molecular flexibility index (Phi) is 5.14. The van der Waals surface area contributed by atoms with Crippen LogP contribution in [0, 0.1) is 0 Å². The number of rotatable bonds is 2. The molecule has 2 aliphatic heterocycles. The maximum atomic E-state index is 6.26. The first-order valence-electron chi connectivity index (χ1n) is 15.5. The maximum absolute atomic E-state index is 6.26. The van der Waals surface area contributed by atoms with Gasteiger partial charge in [0.2, 0.25) is 0 Å². The van der Waals surface area contributed by atoms with Crippen molar-refractivity contribution in [1.29, 1.82) is 0 Å². The highest BCUT2D eigenvalue weighted by Gasteiger charge is 2.53. The van der Waals surface area contributed by atoms with Crippen molar-refractivity contribution in [3.63, 3.8) is 0 Å². The van der Waals surface area contributed by atoms with E-state index < -0.39 is 5.41 Å². The highest BCUT2D eigenvalue weighted by Crippen LogP contribution is 2.62. The minimum absolute atomic E-state index is 0.627. The number of para-hydroxylation sites is 6. The first-order valence-corrected chi connectivity index (χ1v) is 15.5. The third-order valence-corrected chi connectivity index (χ3v) is 9.51. The number of hydrogen-bond acceptors (Lipinski definition) is 5. The number of pyridine rings is 2. The lowest BCUT2D eigenvalue weighted by molar-refractivity contribution is 0.477. The minimum atomic E-state index is -0.627. The van der Waals surface area contributed by atoms with Gasteiger partial charge < -0.3 is 14.5 Å². The number of hydrogen-bond donors (Lipinski definition) is 0. The zero-order valence-corrected chi connectivity index (χ0v) is 24.7. The van der Waals surface area contributed by atoms with Crippen molar-refractivity contribution >= 4 is 34.1 Å². The molecule has 0 atom stereocenters. The molecule has 5 heteroatoms. The lowest BCUT2D eigenvalue weighted by Gasteiger charge is -2.43. The molecule has 0 saturated heterocycles. The van der Waals surface area contributed by atoms with Crippen molar-refractivity contribution < 1.29 is 4.74 Å². The smallest absolute Gasteiger partial charge is 0.151 e. The summed E-state index contributed by atoms with van der Waals surface area (Å²) < 4.78 is 6.26. The monoisotopic (exact) mass is 590 g/mol. The normalized spacial score (nSPS) is 14.3. The summed E-state index contributed by atoms with van der Waals surface area (Å²) in [4.78, 5) is 14.8. The number of ether oxygens (including phenoxy) is 1. The standard InChI is InChI=1S/C41H26N4O/c1-3-15-33-31(13-1)41(39-29(11-9-25-42-39)30-12-10-26-43-40(30)41)32-14-2-4-16-34(32)44(33)27-21-23-28(24-22-27)45-35-17-5-7-19-37(35)46-38-20-8-6-18-36(38)45/h1-26H. The van der Waals surface area contributed by atoms with E-state index in [-0.39, 0.29) is 0 Å². The molecule has 0 radical (unpaired) electrons. The molecule has 7 aromatic rings. The lowest BCUT2D eigenvalue weighted by atomic mass is 9.68. The summed E-state index contributed by atoms with van der Waals surface area (Å²) in [6.07, 6.45) is 3.81. The summed E-state index contributed by atoms with van der Waals surface area (Å²) in [7, 11) is 0. The van der Waals surface area contributed by atoms with Crippen molar-refractivity contribution in [3.05, 3.63) is 181 Å². The summed E-state index contributed by atoms with van der Waals surface area (Å²) >= 11 is 0. The predicted molar refractivity (Wildman–Crippen MR) is 182 cm³/mol. The number of anilines is 6. The van der Waals surface area contributed by atoms with Crippen LogP contribution in [0.5, 0.6) is 11.5 Å². The Morgan fingerprint density at radius 1 is 0.413 bits per heavy atom. The third-order valence-electron chi connectivity index (χ3n) is 9.51. The first-order chi connectivity index (χ1) is 22.8. The second kappa shape index (κ2) is 9.40. The fraction of sp³-hybridized carbons (Fsp3) is 0.0244. The Morgan fingerprint density at radius 3 is 1.33 bits per heavy atom. The van der Waals surface area contributed by atoms with Gasteiger partial charge >= 0.3 is 0 Å². The second-order valence-corrected chi connectivity index (χ2v) is 11.8. The van der Waals surface area contributed by atoms with Gasteiger partial charge in [-0.1, -0.05) is 72.8 Å². The van der Waals surface area contributed by atoms with Gasteiger partial charge in [0.25, 0.3) is 0 Å². The number of benzene rings is 5. The van der Waals surface area contributed by atoms with Crippen LogP contribution in [0.4, 0.5) is 34.1 Å². The van der Waals surface area contributed by atoms with Crippen LogP contribution in [-0.4, -0.2) is 9.97 Å². The largest absolute Gasteiger partial charge is 0.453 e. The molecule has 10 rings (SSSR count). The molecule has 0 saturated carbocycles. The van der Waals surface area contributed by atoms with Gasteiger partial charge in [0, 0.05) is 34.9 Å². The van der Waals surface area contributed by atoms with Gasteiger partial charge in [-0.15, -0.1) is 0 Å². The van der Waals surface area contributed by atoms with E-state index in [4.69, 9.17) is 14.7 Å². The summed E-state index contributed by atoms with van der Waals surface area (Å²) in [5, 5.41) is 0. The molecule has 1 aliphatic carbocycles. The van der Waals surface area contributed by atoms with E-state index >= 15 is 0 Å². The zero-order valence-electron chi connectivity index (χ0n) is 24.7. The predicted octanol–water partition coefficient (Wildman–Crippen LogP) is 10.2. The Hall–Kier alpha value is -6.20. The third kappa shape index (κ3) is 3.23. The summed E-state index contributed by atoms with van der Waals surface area (Å²) in [5.41, 5.74) is 12.5. The highest BCUT2D eigenvalue weighted by molar-refractivity contribution is 5.95. The topological polar surface area (TPSA) is 41.5 Å². The number of fused-ring (bicyclic) bond motifs is 11. The molecule has 0 bridgehead atoms. The fourth-order valence-electron chi connectivity index (χ4n) is 7.72. The fourth-order valence-corrected chi connectivity index (χ4v) is 7.72. The molecule has 5 nitrogen and oxygen atoms in total. The van der Waals surface area contributed by atoms with Gasteiger partial charge in [0.05, 0.1) is 34.1 Å². The Morgan fingerprint density at radius 2 is 0.826 bits per heavy atom. The minimum Gasteiger partial charge on any atom is -0.453 e. The van der Waals surface area contributed by atoms with E-state index in [1.165, 1.54) is 11.1 Å². The van der Waals surface area contributed by atoms with Gasteiger partial charge in [-0.3, -0.25) is 9.97 Å². The molecule has 5 aromatic carbocycles. The summed E-state index contributed by atoms with van der Waals surface area (Å²) in [5.74, 6) is 1.68. The zero-order chi connectivity index (χ0) is 30.2. The van der Waals surface area contributed by atoms with E-state index in [1.54, 1.807) is 0 Å². The molecule has 2 aromatic heterocycles. The van der Waals surface area contributed by atoms with Gasteiger partial charge in [-0.25, -0.2) is 0 Å². The quantitative estimate of drug-likeness (QED) is 0.200. The van der Waals surface area contributed by atoms with E-state index in [0.29, 0.717) is 0 Å². The van der Waals surface area contributed by atoms with E-state index in [1.807, 2.05) is 48.8 Å². The van der Waals surface area contributed by atoms with Crippen molar-refractivity contribution in [3.8, 4) is 22.6 Å². The Balaban J connectivity index is 1.17. The maximum Gasteiger partial charge on any atom is 0.151 e. The van der Waals surface area contributed by atoms with Gasteiger partial charge in [0.15, 0.2) is 11.5 Å². The SMILES string of the molecule is c1ccc2c(c1)Oc1ccccc1N2c1ccc(N2c3ccccc3C3(c4ccccc42)c2ncccc2-c2cccnc23)cc1. The molecule has 3 aliphatic rings. The van der Waals surface area contributed by atoms with E-state index in [9.17, 15) is 0 Å². The van der Waals surface area contributed by atoms with Crippen LogP contribution >= 0.6 is 0 Å². The molecule has 46 heavy (non-hydrogen) atoms. The first kappa shape index (κ1) is 25.2. The second-order valence-electron chi connectivity index (χ2n) is 11.8. The summed E-state index contributed by atoms with van der Waals surface area (Å²) in [6.45, 7) is 0. The highest BCUT2D eigenvalue weighted by atomic mass is 16.5.